The molecular weight excluding hydrogens is 276 g/mol. The molecule has 2 N–H and O–H groups in total. The van der Waals surface area contributed by atoms with Crippen LogP contribution in [0.25, 0.3) is 0 Å². The van der Waals surface area contributed by atoms with Crippen LogP contribution in [0, 0.1) is 0 Å². The minimum Gasteiger partial charge on any atom is -0.497 e. The van der Waals surface area contributed by atoms with Gasteiger partial charge in [0.25, 0.3) is 0 Å². The van der Waals surface area contributed by atoms with E-state index < -0.39 is 11.9 Å². The maximum Gasteiger partial charge on any atom is 0.336 e. The van der Waals surface area contributed by atoms with Crippen LogP contribution >= 0.6 is 0 Å². The third kappa shape index (κ3) is 3.30. The van der Waals surface area contributed by atoms with Gasteiger partial charge in [-0.2, -0.15) is 0 Å². The normalized spacial score (nSPS) is 9.95. The van der Waals surface area contributed by atoms with Gasteiger partial charge in [-0.3, -0.25) is 0 Å². The first kappa shape index (κ1) is 14.4. The highest BCUT2D eigenvalue weighted by atomic mass is 16.5. The van der Waals surface area contributed by atoms with Crippen LogP contribution in [0.1, 0.15) is 20.7 Å². The lowest BCUT2D eigenvalue weighted by molar-refractivity contribution is 0.0651. The Morgan fingerprint density at radius 1 is 0.810 bits per heavy atom. The molecule has 0 bridgehead atoms. The van der Waals surface area contributed by atoms with Gasteiger partial charge < -0.3 is 19.7 Å². The van der Waals surface area contributed by atoms with Gasteiger partial charge in [0, 0.05) is 0 Å². The van der Waals surface area contributed by atoms with Crippen LogP contribution in [0.4, 0.5) is 0 Å². The number of methoxy groups -OCH3 is 1. The molecule has 108 valence electrons. The molecule has 0 heterocycles. The fourth-order valence-corrected chi connectivity index (χ4v) is 1.73. The van der Waals surface area contributed by atoms with Gasteiger partial charge in [-0.25, -0.2) is 9.59 Å². The quantitative estimate of drug-likeness (QED) is 0.878. The molecule has 2 aromatic carbocycles. The monoisotopic (exact) mass is 288 g/mol. The average Bonchev–Trinajstić information content (AvgIpc) is 2.47. The number of carboxylic acid groups (broad SMARTS) is 2. The number of carboxylic acids is 2. The van der Waals surface area contributed by atoms with Crippen molar-refractivity contribution < 1.29 is 29.3 Å². The van der Waals surface area contributed by atoms with Crippen molar-refractivity contribution >= 4 is 11.9 Å². The van der Waals surface area contributed by atoms with E-state index in [-0.39, 0.29) is 16.9 Å². The van der Waals surface area contributed by atoms with E-state index in [9.17, 15) is 9.59 Å². The molecule has 0 amide bonds. The van der Waals surface area contributed by atoms with E-state index in [2.05, 4.69) is 0 Å². The van der Waals surface area contributed by atoms with Crippen molar-refractivity contribution in [1.82, 2.24) is 0 Å². The number of hydrogen-bond acceptors (Lipinski definition) is 4. The second kappa shape index (κ2) is 5.96. The van der Waals surface area contributed by atoms with Crippen LogP contribution < -0.4 is 9.47 Å². The molecule has 0 atom stereocenters. The summed E-state index contributed by atoms with van der Waals surface area (Å²) in [5, 5.41) is 18.0. The van der Waals surface area contributed by atoms with E-state index in [1.165, 1.54) is 18.2 Å². The Kier molecular flexibility index (Phi) is 4.08. The Hall–Kier alpha value is -3.02. The number of benzene rings is 2. The fourth-order valence-electron chi connectivity index (χ4n) is 1.73. The zero-order valence-electron chi connectivity index (χ0n) is 11.1. The lowest BCUT2D eigenvalue weighted by Crippen LogP contribution is -2.07. The molecule has 0 aliphatic rings. The van der Waals surface area contributed by atoms with Crippen molar-refractivity contribution in [3.05, 3.63) is 53.6 Å². The largest absolute Gasteiger partial charge is 0.497 e. The molecule has 0 spiro atoms. The Morgan fingerprint density at radius 2 is 1.33 bits per heavy atom. The minimum atomic E-state index is -1.33. The topological polar surface area (TPSA) is 93.1 Å². The summed E-state index contributed by atoms with van der Waals surface area (Å²) in [4.78, 5) is 22.0. The van der Waals surface area contributed by atoms with Crippen LogP contribution in [0.3, 0.4) is 0 Å². The zero-order chi connectivity index (χ0) is 15.4. The number of hydrogen-bond donors (Lipinski definition) is 2. The second-order valence-corrected chi connectivity index (χ2v) is 4.10. The SMILES string of the molecule is COc1ccc(Oc2ccc(C(=O)O)c(C(=O)O)c2)cc1. The summed E-state index contributed by atoms with van der Waals surface area (Å²) >= 11 is 0. The lowest BCUT2D eigenvalue weighted by Gasteiger charge is -2.08. The van der Waals surface area contributed by atoms with Crippen molar-refractivity contribution in [2.75, 3.05) is 7.11 Å². The van der Waals surface area contributed by atoms with Crippen LogP contribution in [0.2, 0.25) is 0 Å². The summed E-state index contributed by atoms with van der Waals surface area (Å²) in [6.45, 7) is 0. The smallest absolute Gasteiger partial charge is 0.336 e. The minimum absolute atomic E-state index is 0.238. The number of aromatic carboxylic acids is 2. The summed E-state index contributed by atoms with van der Waals surface area (Å²) < 4.78 is 10.5. The van der Waals surface area contributed by atoms with Crippen molar-refractivity contribution in [2.45, 2.75) is 0 Å². The summed E-state index contributed by atoms with van der Waals surface area (Å²) in [6, 6.07) is 10.5. The van der Waals surface area contributed by atoms with Gasteiger partial charge in [-0.15, -0.1) is 0 Å². The molecule has 0 aliphatic carbocycles. The van der Waals surface area contributed by atoms with Crippen LogP contribution in [-0.2, 0) is 0 Å². The zero-order valence-corrected chi connectivity index (χ0v) is 11.1. The Bertz CT molecular complexity index is 675. The molecule has 21 heavy (non-hydrogen) atoms. The maximum atomic E-state index is 11.1. The number of carbonyl (C=O) groups is 2. The van der Waals surface area contributed by atoms with E-state index in [1.54, 1.807) is 31.4 Å². The number of rotatable bonds is 5. The Balaban J connectivity index is 2.29. The molecule has 2 aromatic rings. The summed E-state index contributed by atoms with van der Waals surface area (Å²) in [5.74, 6) is -1.25. The highest BCUT2D eigenvalue weighted by molar-refractivity contribution is 6.02. The molecule has 0 fully saturated rings. The molecular formula is C15H12O6. The van der Waals surface area contributed by atoms with Crippen LogP contribution in [-0.4, -0.2) is 29.3 Å². The van der Waals surface area contributed by atoms with Crippen molar-refractivity contribution in [3.63, 3.8) is 0 Å². The maximum absolute atomic E-state index is 11.1. The lowest BCUT2D eigenvalue weighted by atomic mass is 10.1. The summed E-state index contributed by atoms with van der Waals surface area (Å²) in [6.07, 6.45) is 0. The van der Waals surface area contributed by atoms with E-state index in [1.807, 2.05) is 0 Å². The predicted molar refractivity (Wildman–Crippen MR) is 73.4 cm³/mol. The first-order valence-corrected chi connectivity index (χ1v) is 5.94. The molecule has 0 unspecified atom stereocenters. The molecule has 0 aromatic heterocycles. The molecule has 0 saturated heterocycles. The van der Waals surface area contributed by atoms with E-state index in [0.29, 0.717) is 11.5 Å². The van der Waals surface area contributed by atoms with Crippen molar-refractivity contribution in [3.8, 4) is 17.2 Å². The summed E-state index contributed by atoms with van der Waals surface area (Å²) in [7, 11) is 1.54. The molecule has 0 saturated carbocycles. The van der Waals surface area contributed by atoms with Gasteiger partial charge in [0.2, 0.25) is 0 Å². The van der Waals surface area contributed by atoms with Gasteiger partial charge in [-0.05, 0) is 42.5 Å². The van der Waals surface area contributed by atoms with E-state index in [4.69, 9.17) is 19.7 Å². The Morgan fingerprint density at radius 3 is 1.86 bits per heavy atom. The van der Waals surface area contributed by atoms with Crippen molar-refractivity contribution in [1.29, 1.82) is 0 Å². The summed E-state index contributed by atoms with van der Waals surface area (Å²) in [5.41, 5.74) is -0.613. The third-order valence-electron chi connectivity index (χ3n) is 2.75. The highest BCUT2D eigenvalue weighted by Gasteiger charge is 2.17. The molecule has 0 radical (unpaired) electrons. The number of ether oxygens (including phenoxy) is 2. The fraction of sp³-hybridized carbons (Fsp3) is 0.0667. The van der Waals surface area contributed by atoms with Gasteiger partial charge in [-0.1, -0.05) is 0 Å². The van der Waals surface area contributed by atoms with Gasteiger partial charge in [0.1, 0.15) is 17.2 Å². The van der Waals surface area contributed by atoms with E-state index in [0.717, 1.165) is 0 Å². The molecule has 6 heteroatoms. The first-order valence-electron chi connectivity index (χ1n) is 5.94. The van der Waals surface area contributed by atoms with Crippen LogP contribution in [0.15, 0.2) is 42.5 Å². The first-order chi connectivity index (χ1) is 10.0. The molecule has 2 rings (SSSR count). The average molecular weight is 288 g/mol. The second-order valence-electron chi connectivity index (χ2n) is 4.10. The Labute approximate surface area is 120 Å². The highest BCUT2D eigenvalue weighted by Crippen LogP contribution is 2.26. The van der Waals surface area contributed by atoms with E-state index >= 15 is 0 Å². The standard InChI is InChI=1S/C15H12O6/c1-20-9-2-4-10(5-3-9)21-11-6-7-12(14(16)17)13(8-11)15(18)19/h2-8H,1H3,(H,16,17)(H,18,19). The third-order valence-corrected chi connectivity index (χ3v) is 2.75. The molecule has 0 aliphatic heterocycles. The van der Waals surface area contributed by atoms with Crippen LogP contribution in [0.5, 0.6) is 17.2 Å². The van der Waals surface area contributed by atoms with Gasteiger partial charge in [0.15, 0.2) is 0 Å². The molecule has 6 nitrogen and oxygen atoms in total. The van der Waals surface area contributed by atoms with Gasteiger partial charge >= 0.3 is 11.9 Å². The van der Waals surface area contributed by atoms with Gasteiger partial charge in [0.05, 0.1) is 18.2 Å². The predicted octanol–water partition coefficient (Wildman–Crippen LogP) is 2.88. The van der Waals surface area contributed by atoms with Crippen molar-refractivity contribution in [2.24, 2.45) is 0 Å².